The van der Waals surface area contributed by atoms with Crippen molar-refractivity contribution in [2.75, 3.05) is 26.2 Å². The van der Waals surface area contributed by atoms with Crippen molar-refractivity contribution < 1.29 is 18.4 Å². The lowest BCUT2D eigenvalue weighted by atomic mass is 9.75. The van der Waals surface area contributed by atoms with Crippen LogP contribution in [-0.2, 0) is 4.79 Å². The number of carbonyl (C=O) groups excluding carboxylic acids is 2. The monoisotopic (exact) mass is 364 g/mol. The van der Waals surface area contributed by atoms with Gasteiger partial charge in [0, 0.05) is 18.5 Å². The predicted molar refractivity (Wildman–Crippen MR) is 90.3 cm³/mol. The third-order valence-electron chi connectivity index (χ3n) is 6.11. The molecule has 5 rings (SSSR count). The minimum absolute atomic E-state index is 0.0173. The maximum atomic E-state index is 14.5. The lowest BCUT2D eigenvalue weighted by Gasteiger charge is -2.51. The molecule has 0 aliphatic carbocycles. The summed E-state index contributed by atoms with van der Waals surface area (Å²) in [6.45, 7) is 1.98. The van der Waals surface area contributed by atoms with Crippen LogP contribution in [0.15, 0.2) is 18.2 Å². The molecule has 4 fully saturated rings. The average molecular weight is 364 g/mol. The Balaban J connectivity index is 1.67. The number of rotatable bonds is 3. The topological polar surface area (TPSA) is 78.7 Å². The molecule has 2 bridgehead atoms. The molecule has 140 valence electrons. The molecule has 26 heavy (non-hydrogen) atoms. The van der Waals surface area contributed by atoms with Gasteiger partial charge in [-0.05, 0) is 43.5 Å². The number of nitrogens with two attached hydrogens (primary N) is 1. The molecule has 3 atom stereocenters. The molecule has 4 heterocycles. The van der Waals surface area contributed by atoms with E-state index in [2.05, 4.69) is 10.2 Å². The van der Waals surface area contributed by atoms with Gasteiger partial charge in [0.15, 0.2) is 11.6 Å². The summed E-state index contributed by atoms with van der Waals surface area (Å²) in [6, 6.07) is 3.43. The highest BCUT2D eigenvalue weighted by atomic mass is 19.2. The Hall–Kier alpha value is -2.22. The van der Waals surface area contributed by atoms with Crippen molar-refractivity contribution in [3.8, 4) is 0 Å². The number of primary amides is 1. The van der Waals surface area contributed by atoms with E-state index in [0.29, 0.717) is 18.0 Å². The van der Waals surface area contributed by atoms with Gasteiger partial charge >= 0.3 is 6.03 Å². The Morgan fingerprint density at radius 2 is 1.92 bits per heavy atom. The van der Waals surface area contributed by atoms with Gasteiger partial charge in [0.2, 0.25) is 5.91 Å². The molecule has 1 aromatic carbocycles. The van der Waals surface area contributed by atoms with E-state index in [9.17, 15) is 18.4 Å². The fourth-order valence-electron chi connectivity index (χ4n) is 5.05. The third kappa shape index (κ3) is 2.72. The van der Waals surface area contributed by atoms with Crippen molar-refractivity contribution in [1.29, 1.82) is 0 Å². The quantitative estimate of drug-likeness (QED) is 0.841. The van der Waals surface area contributed by atoms with Gasteiger partial charge in [-0.25, -0.2) is 13.6 Å². The number of amides is 3. The van der Waals surface area contributed by atoms with Crippen LogP contribution in [0.2, 0.25) is 0 Å². The van der Waals surface area contributed by atoms with Gasteiger partial charge in [0.25, 0.3) is 0 Å². The zero-order chi connectivity index (χ0) is 18.4. The summed E-state index contributed by atoms with van der Waals surface area (Å²) in [4.78, 5) is 27.7. The Bertz CT molecular complexity index is 736. The van der Waals surface area contributed by atoms with Crippen LogP contribution in [0.3, 0.4) is 0 Å². The van der Waals surface area contributed by atoms with E-state index in [1.54, 1.807) is 11.0 Å². The first kappa shape index (κ1) is 17.2. The van der Waals surface area contributed by atoms with E-state index in [1.807, 2.05) is 0 Å². The molecule has 4 saturated heterocycles. The summed E-state index contributed by atoms with van der Waals surface area (Å²) in [5.41, 5.74) is 5.39. The van der Waals surface area contributed by atoms with Gasteiger partial charge < -0.3 is 16.0 Å². The predicted octanol–water partition coefficient (Wildman–Crippen LogP) is 1.02. The second kappa shape index (κ2) is 6.50. The zero-order valence-electron chi connectivity index (χ0n) is 14.3. The second-order valence-electron chi connectivity index (χ2n) is 7.37. The molecule has 3 unspecified atom stereocenters. The molecule has 6 nitrogen and oxygen atoms in total. The first-order valence-corrected chi connectivity index (χ1v) is 8.98. The molecule has 0 saturated carbocycles. The van der Waals surface area contributed by atoms with Crippen LogP contribution < -0.4 is 11.1 Å². The van der Waals surface area contributed by atoms with E-state index in [4.69, 9.17) is 5.73 Å². The molecule has 8 heteroatoms. The number of halogens is 2. The summed E-state index contributed by atoms with van der Waals surface area (Å²) in [7, 11) is 0. The molecular weight excluding hydrogens is 342 g/mol. The molecule has 0 aromatic heterocycles. The van der Waals surface area contributed by atoms with Crippen LogP contribution >= 0.6 is 0 Å². The summed E-state index contributed by atoms with van der Waals surface area (Å²) in [6.07, 6.45) is 1.99. The van der Waals surface area contributed by atoms with Crippen molar-refractivity contribution in [3.05, 3.63) is 35.4 Å². The van der Waals surface area contributed by atoms with E-state index in [1.165, 1.54) is 6.07 Å². The van der Waals surface area contributed by atoms with Crippen LogP contribution in [0.1, 0.15) is 24.3 Å². The summed E-state index contributed by atoms with van der Waals surface area (Å²) < 4.78 is 28.2. The number of urea groups is 1. The van der Waals surface area contributed by atoms with Crippen LogP contribution in [0, 0.1) is 17.6 Å². The van der Waals surface area contributed by atoms with Gasteiger partial charge in [-0.3, -0.25) is 9.69 Å². The van der Waals surface area contributed by atoms with Gasteiger partial charge in [0.1, 0.15) is 0 Å². The minimum Gasteiger partial charge on any atom is -0.352 e. The molecule has 1 aromatic rings. The fourth-order valence-corrected chi connectivity index (χ4v) is 5.05. The van der Waals surface area contributed by atoms with Gasteiger partial charge in [-0.15, -0.1) is 0 Å². The third-order valence-corrected chi connectivity index (χ3v) is 6.11. The highest BCUT2D eigenvalue weighted by Crippen LogP contribution is 2.47. The van der Waals surface area contributed by atoms with Crippen molar-refractivity contribution >= 4 is 11.9 Å². The number of piperidine rings is 3. The number of fused-ring (bicyclic) bond motifs is 2. The van der Waals surface area contributed by atoms with E-state index in [0.717, 1.165) is 32.0 Å². The first-order chi connectivity index (χ1) is 12.5. The molecule has 0 radical (unpaired) electrons. The molecule has 3 N–H and O–H groups in total. The van der Waals surface area contributed by atoms with Crippen molar-refractivity contribution in [2.24, 2.45) is 11.7 Å². The van der Waals surface area contributed by atoms with Crippen LogP contribution in [0.25, 0.3) is 0 Å². The zero-order valence-corrected chi connectivity index (χ0v) is 14.3. The second-order valence-corrected chi connectivity index (χ2v) is 7.37. The van der Waals surface area contributed by atoms with E-state index >= 15 is 0 Å². The highest BCUT2D eigenvalue weighted by Gasteiger charge is 2.55. The van der Waals surface area contributed by atoms with Gasteiger partial charge in [-0.2, -0.15) is 0 Å². The maximum absolute atomic E-state index is 14.5. The van der Waals surface area contributed by atoms with Crippen molar-refractivity contribution in [1.82, 2.24) is 15.1 Å². The normalized spacial score (nSPS) is 32.4. The van der Waals surface area contributed by atoms with Crippen molar-refractivity contribution in [2.45, 2.75) is 30.8 Å². The Morgan fingerprint density at radius 1 is 1.19 bits per heavy atom. The SMILES string of the molecule is NC(=O)NCC(=O)N1CC(c2cccc(F)c2F)C2C1C1CCN2CC1. The van der Waals surface area contributed by atoms with Crippen LogP contribution in [0.4, 0.5) is 13.6 Å². The summed E-state index contributed by atoms with van der Waals surface area (Å²) in [5, 5.41) is 2.34. The van der Waals surface area contributed by atoms with Crippen LogP contribution in [0.5, 0.6) is 0 Å². The lowest BCUT2D eigenvalue weighted by molar-refractivity contribution is -0.134. The Labute approximate surface area is 150 Å². The number of nitrogens with zero attached hydrogens (tertiary/aromatic N) is 2. The fraction of sp³-hybridized carbons (Fsp3) is 0.556. The number of likely N-dealkylation sites (tertiary alicyclic amines) is 1. The minimum atomic E-state index is -0.866. The Kier molecular flexibility index (Phi) is 4.30. The van der Waals surface area contributed by atoms with E-state index in [-0.39, 0.29) is 30.5 Å². The van der Waals surface area contributed by atoms with E-state index < -0.39 is 17.7 Å². The Morgan fingerprint density at radius 3 is 2.62 bits per heavy atom. The molecule has 4 aliphatic heterocycles. The van der Waals surface area contributed by atoms with Crippen LogP contribution in [-0.4, -0.2) is 60.0 Å². The molecule has 3 amide bonds. The molecule has 4 aliphatic rings. The summed E-state index contributed by atoms with van der Waals surface area (Å²) >= 11 is 0. The summed E-state index contributed by atoms with van der Waals surface area (Å²) in [5.74, 6) is -1.86. The van der Waals surface area contributed by atoms with Gasteiger partial charge in [0.05, 0.1) is 12.6 Å². The highest BCUT2D eigenvalue weighted by molar-refractivity contribution is 5.84. The average Bonchev–Trinajstić information content (AvgIpc) is 3.05. The number of hydrogen-bond acceptors (Lipinski definition) is 3. The number of nitrogens with one attached hydrogen (secondary N) is 1. The van der Waals surface area contributed by atoms with Crippen molar-refractivity contribution in [3.63, 3.8) is 0 Å². The standard InChI is InChI=1S/C18H22F2N4O2/c19-13-3-1-2-11(15(13)20)12-9-24(14(25)8-22-18(21)26)16-10-4-6-23(7-5-10)17(12)16/h1-3,10,12,16-17H,4-9H2,(H3,21,22,26). The molecular formula is C18H22F2N4O2. The van der Waals surface area contributed by atoms with Gasteiger partial charge in [-0.1, -0.05) is 12.1 Å². The lowest BCUT2D eigenvalue weighted by Crippen LogP contribution is -2.61. The first-order valence-electron chi connectivity index (χ1n) is 8.98. The number of carbonyl (C=O) groups is 2. The molecule has 0 spiro atoms. The number of benzene rings is 1. The smallest absolute Gasteiger partial charge is 0.312 e. The maximum Gasteiger partial charge on any atom is 0.312 e. The number of hydrogen-bond donors (Lipinski definition) is 2. The largest absolute Gasteiger partial charge is 0.352 e.